The monoisotopic (exact) mass is 445 g/mol. The van der Waals surface area contributed by atoms with Gasteiger partial charge in [0.05, 0.1) is 11.4 Å². The van der Waals surface area contributed by atoms with Crippen LogP contribution in [-0.2, 0) is 21.2 Å². The summed E-state index contributed by atoms with van der Waals surface area (Å²) >= 11 is 0. The normalized spacial score (nSPS) is 12.9. The Kier molecular flexibility index (Phi) is 8.40. The quantitative estimate of drug-likeness (QED) is 0.541. The van der Waals surface area contributed by atoms with Gasteiger partial charge in [-0.15, -0.1) is 0 Å². The number of carbonyl (C=O) groups excluding carboxylic acids is 1. The van der Waals surface area contributed by atoms with Gasteiger partial charge in [0.1, 0.15) is 0 Å². The van der Waals surface area contributed by atoms with Gasteiger partial charge < -0.3 is 10.6 Å². The molecule has 0 aliphatic carbocycles. The first kappa shape index (κ1) is 25.0. The van der Waals surface area contributed by atoms with E-state index in [0.29, 0.717) is 17.5 Å². The van der Waals surface area contributed by atoms with Crippen LogP contribution in [0.3, 0.4) is 0 Å². The molecule has 0 heterocycles. The third-order valence-electron chi connectivity index (χ3n) is 5.38. The Bertz CT molecular complexity index is 1010. The van der Waals surface area contributed by atoms with Crippen LogP contribution in [0.5, 0.6) is 0 Å². The smallest absolute Gasteiger partial charge is 0.238 e. The fourth-order valence-electron chi connectivity index (χ4n) is 3.59. The highest BCUT2D eigenvalue weighted by Crippen LogP contribution is 2.25. The lowest BCUT2D eigenvalue weighted by Crippen LogP contribution is -2.33. The average molecular weight is 446 g/mol. The van der Waals surface area contributed by atoms with E-state index in [4.69, 9.17) is 5.14 Å². The third-order valence-corrected chi connectivity index (χ3v) is 6.27. The van der Waals surface area contributed by atoms with Crippen LogP contribution in [0.15, 0.2) is 41.3 Å². The fourth-order valence-corrected chi connectivity index (χ4v) is 4.21. The minimum Gasteiger partial charge on any atom is -0.325 e. The summed E-state index contributed by atoms with van der Waals surface area (Å²) < 4.78 is 23.4. The molecule has 0 bridgehead atoms. The second-order valence-electron chi connectivity index (χ2n) is 8.95. The van der Waals surface area contributed by atoms with Crippen molar-refractivity contribution in [2.24, 2.45) is 17.0 Å². The van der Waals surface area contributed by atoms with Crippen molar-refractivity contribution < 1.29 is 13.2 Å². The molecule has 31 heavy (non-hydrogen) atoms. The van der Waals surface area contributed by atoms with E-state index in [2.05, 4.69) is 62.6 Å². The molecule has 2 aromatic rings. The number of carbonyl (C=O) groups is 1. The van der Waals surface area contributed by atoms with E-state index in [0.717, 1.165) is 23.1 Å². The molecule has 6 nitrogen and oxygen atoms in total. The lowest BCUT2D eigenvalue weighted by Gasteiger charge is -2.23. The van der Waals surface area contributed by atoms with Crippen molar-refractivity contribution in [2.45, 2.75) is 58.9 Å². The molecule has 0 aliphatic heterocycles. The van der Waals surface area contributed by atoms with Gasteiger partial charge in [0.2, 0.25) is 15.9 Å². The second kappa shape index (κ2) is 10.4. The van der Waals surface area contributed by atoms with Gasteiger partial charge in [-0.2, -0.15) is 0 Å². The molecule has 1 unspecified atom stereocenters. The molecule has 2 rings (SSSR count). The van der Waals surface area contributed by atoms with Gasteiger partial charge in [-0.25, -0.2) is 13.6 Å². The van der Waals surface area contributed by atoms with Crippen LogP contribution in [0, 0.1) is 25.7 Å². The Morgan fingerprint density at radius 3 is 2.16 bits per heavy atom. The number of hydrogen-bond acceptors (Lipinski definition) is 4. The van der Waals surface area contributed by atoms with Crippen LogP contribution in [0.4, 0.5) is 5.69 Å². The molecule has 0 saturated carbocycles. The maximum atomic E-state index is 12.6. The summed E-state index contributed by atoms with van der Waals surface area (Å²) in [6.07, 6.45) is 1.04. The van der Waals surface area contributed by atoms with Gasteiger partial charge in [0, 0.05) is 11.7 Å². The molecule has 0 radical (unpaired) electrons. The van der Waals surface area contributed by atoms with Crippen LogP contribution in [0.25, 0.3) is 0 Å². The molecular weight excluding hydrogens is 410 g/mol. The maximum Gasteiger partial charge on any atom is 0.238 e. The highest BCUT2D eigenvalue weighted by atomic mass is 32.2. The first-order valence-electron chi connectivity index (χ1n) is 10.6. The van der Waals surface area contributed by atoms with Crippen LogP contribution in [0.2, 0.25) is 0 Å². The van der Waals surface area contributed by atoms with E-state index in [9.17, 15) is 13.2 Å². The largest absolute Gasteiger partial charge is 0.325 e. The second-order valence-corrected chi connectivity index (χ2v) is 10.5. The number of hydrogen-bond donors (Lipinski definition) is 3. The zero-order valence-corrected chi connectivity index (χ0v) is 20.1. The number of nitrogens with two attached hydrogens (primary N) is 1. The van der Waals surface area contributed by atoms with Crippen molar-refractivity contribution in [3.63, 3.8) is 0 Å². The van der Waals surface area contributed by atoms with Gasteiger partial charge in [-0.1, -0.05) is 52.0 Å². The number of anilines is 1. The van der Waals surface area contributed by atoms with E-state index in [1.807, 2.05) is 6.92 Å². The number of benzene rings is 2. The number of sulfonamides is 1. The molecule has 1 amide bonds. The van der Waals surface area contributed by atoms with Crippen LogP contribution in [-0.4, -0.2) is 20.9 Å². The average Bonchev–Trinajstić information content (AvgIpc) is 2.65. The first-order chi connectivity index (χ1) is 14.4. The van der Waals surface area contributed by atoms with Crippen LogP contribution >= 0.6 is 0 Å². The summed E-state index contributed by atoms with van der Waals surface area (Å²) in [5.74, 6) is 0.656. The predicted molar refractivity (Wildman–Crippen MR) is 126 cm³/mol. The Hall–Kier alpha value is -2.22. The first-order valence-corrected chi connectivity index (χ1v) is 12.2. The van der Waals surface area contributed by atoms with E-state index >= 15 is 0 Å². The zero-order chi connectivity index (χ0) is 23.3. The Morgan fingerprint density at radius 2 is 1.65 bits per heavy atom. The van der Waals surface area contributed by atoms with Gasteiger partial charge in [0.25, 0.3) is 0 Å². The molecule has 7 heteroatoms. The number of primary sulfonamides is 1. The van der Waals surface area contributed by atoms with Gasteiger partial charge in [0.15, 0.2) is 0 Å². The van der Waals surface area contributed by atoms with Crippen molar-refractivity contribution in [2.75, 3.05) is 11.9 Å². The van der Waals surface area contributed by atoms with Gasteiger partial charge >= 0.3 is 0 Å². The summed E-state index contributed by atoms with van der Waals surface area (Å²) in [5, 5.41) is 11.4. The Balaban J connectivity index is 2.10. The fraction of sp³-hybridized carbons (Fsp3) is 0.458. The number of aryl methyl sites for hydroxylation is 1. The number of rotatable bonds is 9. The Labute approximate surface area is 186 Å². The zero-order valence-electron chi connectivity index (χ0n) is 19.3. The summed E-state index contributed by atoms with van der Waals surface area (Å²) in [6.45, 7) is 12.4. The highest BCUT2D eigenvalue weighted by Gasteiger charge is 2.18. The topological polar surface area (TPSA) is 101 Å². The van der Waals surface area contributed by atoms with Crippen molar-refractivity contribution in [3.8, 4) is 0 Å². The lowest BCUT2D eigenvalue weighted by atomic mass is 9.93. The highest BCUT2D eigenvalue weighted by molar-refractivity contribution is 7.89. The van der Waals surface area contributed by atoms with Gasteiger partial charge in [-0.05, 0) is 66.5 Å². The molecular formula is C24H35N3O3S. The minimum atomic E-state index is -3.85. The van der Waals surface area contributed by atoms with Crippen LogP contribution in [0.1, 0.15) is 56.0 Å². The summed E-state index contributed by atoms with van der Waals surface area (Å²) in [6, 6.07) is 11.5. The van der Waals surface area contributed by atoms with Crippen molar-refractivity contribution >= 4 is 21.6 Å². The summed E-state index contributed by atoms with van der Waals surface area (Å²) in [7, 11) is -3.85. The molecule has 0 aromatic heterocycles. The molecule has 0 saturated heterocycles. The molecule has 0 fully saturated rings. The summed E-state index contributed by atoms with van der Waals surface area (Å²) in [4.78, 5) is 12.6. The molecule has 170 valence electrons. The minimum absolute atomic E-state index is 0.0135. The standard InChI is InChI=1S/C24H35N3O3S/c1-15(2)11-19-7-9-20(10-8-19)24(16(3)4)26-14-23(28)27-22-13-21(31(25,29)30)12-17(5)18(22)6/h7-10,12-13,15-16,24,26H,11,14H2,1-6H3,(H,27,28)(H2,25,29,30). The van der Waals surface area contributed by atoms with Crippen LogP contribution < -0.4 is 15.8 Å². The maximum absolute atomic E-state index is 12.6. The summed E-state index contributed by atoms with van der Waals surface area (Å²) in [5.41, 5.74) is 4.45. The van der Waals surface area contributed by atoms with E-state index < -0.39 is 10.0 Å². The molecule has 2 aromatic carbocycles. The third kappa shape index (κ3) is 7.16. The van der Waals surface area contributed by atoms with E-state index in [-0.39, 0.29) is 23.4 Å². The van der Waals surface area contributed by atoms with Crippen molar-refractivity contribution in [1.29, 1.82) is 0 Å². The van der Waals surface area contributed by atoms with Gasteiger partial charge in [-0.3, -0.25) is 4.79 Å². The molecule has 1 atom stereocenters. The SMILES string of the molecule is Cc1cc(S(N)(=O)=O)cc(NC(=O)CNC(c2ccc(CC(C)C)cc2)C(C)C)c1C. The van der Waals surface area contributed by atoms with Crippen molar-refractivity contribution in [3.05, 3.63) is 58.7 Å². The predicted octanol–water partition coefficient (Wildman–Crippen LogP) is 4.07. The molecule has 4 N–H and O–H groups in total. The van der Waals surface area contributed by atoms with E-state index in [1.54, 1.807) is 6.92 Å². The number of amides is 1. The lowest BCUT2D eigenvalue weighted by molar-refractivity contribution is -0.115. The Morgan fingerprint density at radius 1 is 1.03 bits per heavy atom. The number of nitrogens with one attached hydrogen (secondary N) is 2. The molecule has 0 spiro atoms. The van der Waals surface area contributed by atoms with Crippen molar-refractivity contribution in [1.82, 2.24) is 5.32 Å². The molecule has 0 aliphatic rings. The van der Waals surface area contributed by atoms with E-state index in [1.165, 1.54) is 17.7 Å².